The van der Waals surface area contributed by atoms with Crippen molar-refractivity contribution in [1.82, 2.24) is 9.97 Å². The maximum absolute atomic E-state index is 12.5. The van der Waals surface area contributed by atoms with Gasteiger partial charge in [0.25, 0.3) is 5.91 Å². The number of carbonyl (C=O) groups is 1. The standard InChI is InChI=1S/C16H15N3O3S/c1-2-23(22)14-6-4-3-5-11(14)15(20)17-10-7-8-12-13(9-10)19-16(21)18-12/h3-9H,2H2,1H3,(H,17,20)(H2,18,19,21)/t23-/m1/s1. The third-order valence-corrected chi connectivity index (χ3v) is 4.78. The van der Waals surface area contributed by atoms with Crippen LogP contribution in [0.25, 0.3) is 11.0 Å². The molecule has 3 rings (SSSR count). The van der Waals surface area contributed by atoms with Crippen molar-refractivity contribution in [1.29, 1.82) is 0 Å². The van der Waals surface area contributed by atoms with Crippen molar-refractivity contribution in [2.75, 3.05) is 11.1 Å². The third kappa shape index (κ3) is 3.09. The van der Waals surface area contributed by atoms with E-state index in [4.69, 9.17) is 0 Å². The van der Waals surface area contributed by atoms with Gasteiger partial charge in [-0.2, -0.15) is 0 Å². The van der Waals surface area contributed by atoms with Gasteiger partial charge in [0.1, 0.15) is 0 Å². The summed E-state index contributed by atoms with van der Waals surface area (Å²) in [7, 11) is -1.21. The number of aromatic amines is 2. The SMILES string of the molecule is CC[S@@](=O)c1ccccc1C(=O)Nc1ccc2[nH]c(=O)[nH]c2c1. The summed E-state index contributed by atoms with van der Waals surface area (Å²) in [6.45, 7) is 1.81. The summed E-state index contributed by atoms with van der Waals surface area (Å²) >= 11 is 0. The van der Waals surface area contributed by atoms with E-state index in [0.717, 1.165) is 0 Å². The number of amides is 1. The molecule has 0 spiro atoms. The molecule has 7 heteroatoms. The molecule has 3 N–H and O–H groups in total. The Labute approximate surface area is 134 Å². The first-order chi connectivity index (χ1) is 11.1. The number of fused-ring (bicyclic) bond motifs is 1. The highest BCUT2D eigenvalue weighted by atomic mass is 32.2. The summed E-state index contributed by atoms with van der Waals surface area (Å²) in [6, 6.07) is 11.9. The number of nitrogens with one attached hydrogen (secondary N) is 3. The number of rotatable bonds is 4. The molecule has 0 aliphatic carbocycles. The Kier molecular flexibility index (Phi) is 4.12. The quantitative estimate of drug-likeness (QED) is 0.685. The molecule has 0 unspecified atom stereocenters. The van der Waals surface area contributed by atoms with Crippen molar-refractivity contribution in [3.63, 3.8) is 0 Å². The lowest BCUT2D eigenvalue weighted by atomic mass is 10.2. The van der Waals surface area contributed by atoms with E-state index < -0.39 is 10.8 Å². The smallest absolute Gasteiger partial charge is 0.322 e. The van der Waals surface area contributed by atoms with Gasteiger partial charge in [-0.1, -0.05) is 19.1 Å². The van der Waals surface area contributed by atoms with E-state index in [9.17, 15) is 13.8 Å². The fourth-order valence-corrected chi connectivity index (χ4v) is 3.26. The largest absolute Gasteiger partial charge is 0.323 e. The number of H-pyrrole nitrogens is 2. The highest BCUT2D eigenvalue weighted by molar-refractivity contribution is 7.85. The van der Waals surface area contributed by atoms with E-state index >= 15 is 0 Å². The Bertz CT molecular complexity index is 958. The van der Waals surface area contributed by atoms with Crippen LogP contribution in [0.4, 0.5) is 5.69 Å². The molecule has 1 aromatic heterocycles. The van der Waals surface area contributed by atoms with Gasteiger partial charge in [-0.25, -0.2) is 4.79 Å². The van der Waals surface area contributed by atoms with Crippen LogP contribution in [0.15, 0.2) is 52.2 Å². The van der Waals surface area contributed by atoms with Crippen LogP contribution in [0.1, 0.15) is 17.3 Å². The Hall–Kier alpha value is -2.67. The minimum atomic E-state index is -1.21. The number of carbonyl (C=O) groups excluding carboxylic acids is 1. The second-order valence-electron chi connectivity index (χ2n) is 4.92. The molecule has 0 radical (unpaired) electrons. The molecule has 6 nitrogen and oxygen atoms in total. The van der Waals surface area contributed by atoms with E-state index in [-0.39, 0.29) is 11.6 Å². The van der Waals surface area contributed by atoms with E-state index in [1.54, 1.807) is 49.4 Å². The van der Waals surface area contributed by atoms with E-state index in [1.807, 2.05) is 0 Å². The van der Waals surface area contributed by atoms with Gasteiger partial charge >= 0.3 is 5.69 Å². The van der Waals surface area contributed by atoms with Crippen LogP contribution in [-0.4, -0.2) is 25.8 Å². The molecule has 3 aromatic rings. The normalized spacial score (nSPS) is 12.2. The summed E-state index contributed by atoms with van der Waals surface area (Å²) in [5, 5.41) is 2.77. The summed E-state index contributed by atoms with van der Waals surface area (Å²) in [5.74, 6) is 0.112. The molecular weight excluding hydrogens is 314 g/mol. The van der Waals surface area contributed by atoms with Gasteiger partial charge < -0.3 is 15.3 Å². The van der Waals surface area contributed by atoms with Gasteiger partial charge in [0.05, 0.1) is 32.3 Å². The molecule has 0 saturated carbocycles. The Morgan fingerprint density at radius 2 is 1.87 bits per heavy atom. The monoisotopic (exact) mass is 329 g/mol. The number of hydrogen-bond donors (Lipinski definition) is 3. The maximum atomic E-state index is 12.5. The number of anilines is 1. The van der Waals surface area contributed by atoms with Crippen molar-refractivity contribution in [3.8, 4) is 0 Å². The van der Waals surface area contributed by atoms with Gasteiger partial charge in [0.2, 0.25) is 0 Å². The Morgan fingerprint density at radius 1 is 1.13 bits per heavy atom. The van der Waals surface area contributed by atoms with Crippen LogP contribution >= 0.6 is 0 Å². The van der Waals surface area contributed by atoms with Crippen molar-refractivity contribution in [2.24, 2.45) is 0 Å². The molecule has 0 fully saturated rings. The minimum absolute atomic E-state index is 0.299. The molecular formula is C16H15N3O3S. The first-order valence-corrected chi connectivity index (χ1v) is 8.41. The highest BCUT2D eigenvalue weighted by Gasteiger charge is 2.15. The second kappa shape index (κ2) is 6.21. The van der Waals surface area contributed by atoms with Crippen molar-refractivity contribution in [3.05, 3.63) is 58.5 Å². The van der Waals surface area contributed by atoms with E-state index in [2.05, 4.69) is 15.3 Å². The van der Waals surface area contributed by atoms with Crippen molar-refractivity contribution in [2.45, 2.75) is 11.8 Å². The lowest BCUT2D eigenvalue weighted by molar-refractivity contribution is 0.102. The van der Waals surface area contributed by atoms with Gasteiger partial charge in [-0.3, -0.25) is 9.00 Å². The Morgan fingerprint density at radius 3 is 2.65 bits per heavy atom. The number of hydrogen-bond acceptors (Lipinski definition) is 3. The molecule has 0 bridgehead atoms. The minimum Gasteiger partial charge on any atom is -0.322 e. The van der Waals surface area contributed by atoms with Gasteiger partial charge in [-0.05, 0) is 30.3 Å². The molecule has 2 aromatic carbocycles. The Balaban J connectivity index is 1.91. The summed E-state index contributed by atoms with van der Waals surface area (Å²) in [6.07, 6.45) is 0. The van der Waals surface area contributed by atoms with Crippen LogP contribution in [-0.2, 0) is 10.8 Å². The highest BCUT2D eigenvalue weighted by Crippen LogP contribution is 2.18. The molecule has 23 heavy (non-hydrogen) atoms. The van der Waals surface area contributed by atoms with Gasteiger partial charge in [0, 0.05) is 11.4 Å². The summed E-state index contributed by atoms with van der Waals surface area (Å²) in [4.78, 5) is 29.5. The fraction of sp³-hybridized carbons (Fsp3) is 0.125. The topological polar surface area (TPSA) is 94.8 Å². The summed E-state index contributed by atoms with van der Waals surface area (Å²) in [5.41, 5.74) is 1.91. The number of imidazole rings is 1. The fourth-order valence-electron chi connectivity index (χ4n) is 2.32. The van der Waals surface area contributed by atoms with Crippen molar-refractivity contribution >= 4 is 33.4 Å². The zero-order chi connectivity index (χ0) is 16.4. The average molecular weight is 329 g/mol. The predicted octanol–water partition coefficient (Wildman–Crippen LogP) is 2.24. The van der Waals surface area contributed by atoms with Crippen LogP contribution in [0.5, 0.6) is 0 Å². The van der Waals surface area contributed by atoms with Crippen LogP contribution < -0.4 is 11.0 Å². The molecule has 0 aliphatic heterocycles. The first-order valence-electron chi connectivity index (χ1n) is 7.09. The zero-order valence-electron chi connectivity index (χ0n) is 12.4. The van der Waals surface area contributed by atoms with Gasteiger partial charge in [-0.15, -0.1) is 0 Å². The third-order valence-electron chi connectivity index (χ3n) is 3.41. The van der Waals surface area contributed by atoms with Gasteiger partial charge in [0.15, 0.2) is 0 Å². The lowest BCUT2D eigenvalue weighted by Gasteiger charge is -2.09. The average Bonchev–Trinajstić information content (AvgIpc) is 2.93. The second-order valence-corrected chi connectivity index (χ2v) is 6.63. The van der Waals surface area contributed by atoms with E-state index in [0.29, 0.717) is 32.9 Å². The van der Waals surface area contributed by atoms with Crippen LogP contribution in [0.2, 0.25) is 0 Å². The van der Waals surface area contributed by atoms with Crippen molar-refractivity contribution < 1.29 is 9.00 Å². The predicted molar refractivity (Wildman–Crippen MR) is 90.3 cm³/mol. The molecule has 1 heterocycles. The number of benzene rings is 2. The lowest BCUT2D eigenvalue weighted by Crippen LogP contribution is -2.15. The molecule has 1 amide bonds. The maximum Gasteiger partial charge on any atom is 0.323 e. The van der Waals surface area contributed by atoms with Crippen LogP contribution in [0, 0.1) is 0 Å². The number of aromatic nitrogens is 2. The summed E-state index contributed by atoms with van der Waals surface area (Å²) < 4.78 is 12.1. The molecule has 0 aliphatic rings. The molecule has 0 saturated heterocycles. The van der Waals surface area contributed by atoms with E-state index in [1.165, 1.54) is 0 Å². The first kappa shape index (κ1) is 15.2. The zero-order valence-corrected chi connectivity index (χ0v) is 13.2. The molecule has 118 valence electrons. The van der Waals surface area contributed by atoms with Crippen LogP contribution in [0.3, 0.4) is 0 Å². The molecule has 1 atom stereocenters.